The summed E-state index contributed by atoms with van der Waals surface area (Å²) in [6, 6.07) is 12.2. The molecule has 0 spiro atoms. The Morgan fingerprint density at radius 3 is 2.42 bits per heavy atom. The number of carbonyl (C=O) groups excluding carboxylic acids is 2. The molecule has 1 atom stereocenters. The topological polar surface area (TPSA) is 96.0 Å². The lowest BCUT2D eigenvalue weighted by Gasteiger charge is -2.29. The van der Waals surface area contributed by atoms with Crippen LogP contribution in [-0.4, -0.2) is 57.6 Å². The van der Waals surface area contributed by atoms with E-state index in [0.717, 1.165) is 23.1 Å². The van der Waals surface area contributed by atoms with Gasteiger partial charge >= 0.3 is 0 Å². The smallest absolute Gasteiger partial charge is 0.242 e. The first-order valence-corrected chi connectivity index (χ1v) is 14.1. The molecule has 0 aliphatic heterocycles. The van der Waals surface area contributed by atoms with E-state index in [0.29, 0.717) is 24.4 Å². The van der Waals surface area contributed by atoms with Crippen LogP contribution in [0.15, 0.2) is 42.5 Å². The molecule has 0 unspecified atom stereocenters. The van der Waals surface area contributed by atoms with Gasteiger partial charge in [-0.2, -0.15) is 0 Å². The molecule has 2 aromatic rings. The molecule has 1 N–H and O–H groups in total. The number of carbonyl (C=O) groups is 2. The van der Waals surface area contributed by atoms with Crippen molar-refractivity contribution in [2.45, 2.75) is 59.5 Å². The van der Waals surface area contributed by atoms with Crippen molar-refractivity contribution in [2.75, 3.05) is 30.8 Å². The predicted molar refractivity (Wildman–Crippen MR) is 144 cm³/mol. The summed E-state index contributed by atoms with van der Waals surface area (Å²) < 4.78 is 31.6. The number of nitrogens with one attached hydrogen (secondary N) is 1. The van der Waals surface area contributed by atoms with Gasteiger partial charge in [0.1, 0.15) is 11.8 Å². The molecule has 2 amide bonds. The lowest BCUT2D eigenvalue weighted by Crippen LogP contribution is -2.47. The zero-order valence-corrected chi connectivity index (χ0v) is 23.0. The van der Waals surface area contributed by atoms with E-state index in [2.05, 4.69) is 5.32 Å². The van der Waals surface area contributed by atoms with Gasteiger partial charge in [-0.1, -0.05) is 25.1 Å². The number of sulfonamides is 1. The Labute approximate surface area is 215 Å². The van der Waals surface area contributed by atoms with E-state index in [1.165, 1.54) is 10.6 Å². The SMILES string of the molecule is CCCNC(=O)[C@H](C)N(Cc1cccc(OC)c1)C(=O)CCCN(c1ccc(C)c(C)c1)S(C)(=O)=O. The van der Waals surface area contributed by atoms with Crippen LogP contribution < -0.4 is 14.4 Å². The van der Waals surface area contributed by atoms with E-state index in [1.54, 1.807) is 25.0 Å². The van der Waals surface area contributed by atoms with Crippen molar-refractivity contribution in [3.05, 3.63) is 59.2 Å². The van der Waals surface area contributed by atoms with Crippen molar-refractivity contribution in [1.29, 1.82) is 0 Å². The lowest BCUT2D eigenvalue weighted by molar-refractivity contribution is -0.140. The number of methoxy groups -OCH3 is 1. The number of anilines is 1. The second-order valence-electron chi connectivity index (χ2n) is 9.05. The van der Waals surface area contributed by atoms with Gasteiger partial charge < -0.3 is 15.0 Å². The first kappa shape index (κ1) is 29.2. The molecule has 36 heavy (non-hydrogen) atoms. The summed E-state index contributed by atoms with van der Waals surface area (Å²) in [6.07, 6.45) is 2.38. The minimum absolute atomic E-state index is 0.103. The Morgan fingerprint density at radius 1 is 1.08 bits per heavy atom. The van der Waals surface area contributed by atoms with Gasteiger partial charge in [-0.25, -0.2) is 8.42 Å². The number of rotatable bonds is 13. The second kappa shape index (κ2) is 13.3. The van der Waals surface area contributed by atoms with Crippen LogP contribution in [0.3, 0.4) is 0 Å². The van der Waals surface area contributed by atoms with E-state index < -0.39 is 16.1 Å². The van der Waals surface area contributed by atoms with Crippen LogP contribution in [0.4, 0.5) is 5.69 Å². The number of hydrogen-bond donors (Lipinski definition) is 1. The van der Waals surface area contributed by atoms with E-state index in [4.69, 9.17) is 4.74 Å². The zero-order chi connectivity index (χ0) is 26.9. The van der Waals surface area contributed by atoms with Crippen molar-refractivity contribution in [1.82, 2.24) is 10.2 Å². The van der Waals surface area contributed by atoms with Crippen molar-refractivity contribution >= 4 is 27.5 Å². The first-order chi connectivity index (χ1) is 17.0. The van der Waals surface area contributed by atoms with Crippen LogP contribution >= 0.6 is 0 Å². The monoisotopic (exact) mass is 517 g/mol. The maximum atomic E-state index is 13.3. The Kier molecular flexibility index (Phi) is 10.8. The molecule has 0 heterocycles. The van der Waals surface area contributed by atoms with Gasteiger partial charge in [-0.05, 0) is 74.6 Å². The normalized spacial score (nSPS) is 12.1. The van der Waals surface area contributed by atoms with E-state index in [1.807, 2.05) is 57.2 Å². The molecule has 198 valence electrons. The molecule has 0 fully saturated rings. The Hall–Kier alpha value is -3.07. The summed E-state index contributed by atoms with van der Waals surface area (Å²) in [5.41, 5.74) is 3.49. The van der Waals surface area contributed by atoms with Gasteiger partial charge in [-0.3, -0.25) is 13.9 Å². The van der Waals surface area contributed by atoms with Crippen molar-refractivity contribution < 1.29 is 22.7 Å². The molecule has 0 bridgehead atoms. The number of ether oxygens (including phenoxy) is 1. The molecular weight excluding hydrogens is 478 g/mol. The predicted octanol–water partition coefficient (Wildman–Crippen LogP) is 3.80. The average Bonchev–Trinajstić information content (AvgIpc) is 2.84. The third-order valence-electron chi connectivity index (χ3n) is 6.13. The summed E-state index contributed by atoms with van der Waals surface area (Å²) in [6.45, 7) is 8.51. The fourth-order valence-corrected chi connectivity index (χ4v) is 4.79. The van der Waals surface area contributed by atoms with Gasteiger partial charge in [0.25, 0.3) is 0 Å². The summed E-state index contributed by atoms with van der Waals surface area (Å²) in [4.78, 5) is 27.6. The summed E-state index contributed by atoms with van der Waals surface area (Å²) in [7, 11) is -1.96. The molecule has 2 rings (SSSR count). The molecule has 8 nitrogen and oxygen atoms in total. The number of benzene rings is 2. The summed E-state index contributed by atoms with van der Waals surface area (Å²) >= 11 is 0. The number of hydrogen-bond acceptors (Lipinski definition) is 5. The Bertz CT molecular complexity index is 1150. The highest BCUT2D eigenvalue weighted by molar-refractivity contribution is 7.92. The fraction of sp³-hybridized carbons (Fsp3) is 0.481. The van der Waals surface area contributed by atoms with Gasteiger partial charge in [0, 0.05) is 26.1 Å². The van der Waals surface area contributed by atoms with Gasteiger partial charge in [0.2, 0.25) is 21.8 Å². The zero-order valence-electron chi connectivity index (χ0n) is 22.2. The molecule has 0 saturated carbocycles. The summed E-state index contributed by atoms with van der Waals surface area (Å²) in [5.74, 6) is 0.228. The Morgan fingerprint density at radius 2 is 1.81 bits per heavy atom. The average molecular weight is 518 g/mol. The van der Waals surface area contributed by atoms with E-state index >= 15 is 0 Å². The highest BCUT2D eigenvalue weighted by atomic mass is 32.2. The van der Waals surface area contributed by atoms with E-state index in [9.17, 15) is 18.0 Å². The van der Waals surface area contributed by atoms with Gasteiger partial charge in [-0.15, -0.1) is 0 Å². The number of amides is 2. The molecular formula is C27H39N3O5S. The second-order valence-corrected chi connectivity index (χ2v) is 11.0. The third kappa shape index (κ3) is 8.26. The molecule has 2 aromatic carbocycles. The third-order valence-corrected chi connectivity index (χ3v) is 7.33. The number of aryl methyl sites for hydroxylation is 2. The highest BCUT2D eigenvalue weighted by Gasteiger charge is 2.26. The van der Waals surface area contributed by atoms with E-state index in [-0.39, 0.29) is 31.3 Å². The standard InChI is InChI=1S/C27H39N3O5S/c1-7-15-28-27(32)22(4)29(19-23-10-8-11-25(18-23)35-5)26(31)12-9-16-30(36(6,33)34)24-14-13-20(2)21(3)17-24/h8,10-11,13-14,17-18,22H,7,9,12,15-16,19H2,1-6H3,(H,28,32)/t22-/m0/s1. The summed E-state index contributed by atoms with van der Waals surface area (Å²) in [5, 5.41) is 2.86. The molecule has 0 radical (unpaired) electrons. The van der Waals surface area contributed by atoms with Crippen LogP contribution in [-0.2, 0) is 26.2 Å². The molecule has 0 saturated heterocycles. The minimum atomic E-state index is -3.53. The maximum absolute atomic E-state index is 13.3. The van der Waals surface area contributed by atoms with Crippen LogP contribution in [0.1, 0.15) is 49.8 Å². The maximum Gasteiger partial charge on any atom is 0.242 e. The van der Waals surface area contributed by atoms with Crippen LogP contribution in [0.5, 0.6) is 5.75 Å². The van der Waals surface area contributed by atoms with Crippen LogP contribution in [0, 0.1) is 13.8 Å². The van der Waals surface area contributed by atoms with Crippen molar-refractivity contribution in [2.24, 2.45) is 0 Å². The minimum Gasteiger partial charge on any atom is -0.497 e. The molecule has 0 aromatic heterocycles. The van der Waals surface area contributed by atoms with Crippen LogP contribution in [0.2, 0.25) is 0 Å². The molecule has 0 aliphatic carbocycles. The van der Waals surface area contributed by atoms with Gasteiger partial charge in [0.05, 0.1) is 19.1 Å². The van der Waals surface area contributed by atoms with Crippen LogP contribution in [0.25, 0.3) is 0 Å². The van der Waals surface area contributed by atoms with Gasteiger partial charge in [0.15, 0.2) is 0 Å². The number of nitrogens with zero attached hydrogens (tertiary/aromatic N) is 2. The quantitative estimate of drug-likeness (QED) is 0.436. The molecule has 9 heteroatoms. The lowest BCUT2D eigenvalue weighted by atomic mass is 10.1. The highest BCUT2D eigenvalue weighted by Crippen LogP contribution is 2.22. The molecule has 0 aliphatic rings. The largest absolute Gasteiger partial charge is 0.497 e. The van der Waals surface area contributed by atoms with Crippen molar-refractivity contribution in [3.63, 3.8) is 0 Å². The first-order valence-electron chi connectivity index (χ1n) is 12.2. The Balaban J connectivity index is 2.19. The fourth-order valence-electron chi connectivity index (χ4n) is 3.83. The van der Waals surface area contributed by atoms with Crippen molar-refractivity contribution in [3.8, 4) is 5.75 Å².